The molecule has 3 aromatic rings. The lowest BCUT2D eigenvalue weighted by molar-refractivity contribution is -0.137. The molecular weight excluding hydrogens is 406 g/mol. The van der Waals surface area contributed by atoms with Gasteiger partial charge in [-0.3, -0.25) is 0 Å². The summed E-state index contributed by atoms with van der Waals surface area (Å²) in [5.74, 6) is -1.01. The Hall–Kier alpha value is -2.48. The molecule has 2 aromatic carbocycles. The maximum atomic E-state index is 14.5. The molecule has 1 aromatic heterocycles. The molecule has 2 N–H and O–H groups in total. The van der Waals surface area contributed by atoms with Crippen molar-refractivity contribution < 1.29 is 26.3 Å². The molecule has 0 aliphatic rings. The van der Waals surface area contributed by atoms with Crippen LogP contribution in [0.15, 0.2) is 42.6 Å². The molecule has 1 heterocycles. The summed E-state index contributed by atoms with van der Waals surface area (Å²) in [5, 5.41) is 0.403. The van der Waals surface area contributed by atoms with Crippen LogP contribution in [0.2, 0.25) is 0 Å². The lowest BCUT2D eigenvalue weighted by atomic mass is 9.96. The Labute approximate surface area is 170 Å². The summed E-state index contributed by atoms with van der Waals surface area (Å²) < 4.78 is 83.0. The van der Waals surface area contributed by atoms with Crippen LogP contribution in [0.1, 0.15) is 37.9 Å². The average Bonchev–Trinajstić information content (AvgIpc) is 2.96. The molecule has 0 fully saturated rings. The number of fused-ring (bicyclic) bond motifs is 1. The van der Waals surface area contributed by atoms with Gasteiger partial charge in [0, 0.05) is 34.8 Å². The predicted octanol–water partition coefficient (Wildman–Crippen LogP) is 6.78. The van der Waals surface area contributed by atoms with E-state index in [1.54, 1.807) is 4.57 Å². The summed E-state index contributed by atoms with van der Waals surface area (Å²) in [6, 6.07) is 5.36. The minimum atomic E-state index is -4.75. The van der Waals surface area contributed by atoms with Gasteiger partial charge in [0.2, 0.25) is 0 Å². The molecule has 0 spiro atoms. The van der Waals surface area contributed by atoms with Crippen LogP contribution in [0.4, 0.5) is 26.3 Å². The number of rotatable bonds is 4. The first-order chi connectivity index (χ1) is 13.8. The third-order valence-corrected chi connectivity index (χ3v) is 4.80. The van der Waals surface area contributed by atoms with Gasteiger partial charge in [-0.15, -0.1) is 0 Å². The zero-order valence-corrected chi connectivity index (χ0v) is 16.7. The van der Waals surface area contributed by atoms with Crippen molar-refractivity contribution in [2.45, 2.75) is 46.0 Å². The van der Waals surface area contributed by atoms with E-state index < -0.39 is 35.6 Å². The van der Waals surface area contributed by atoms with Gasteiger partial charge in [0.25, 0.3) is 6.43 Å². The van der Waals surface area contributed by atoms with Crippen LogP contribution in [0.25, 0.3) is 22.0 Å². The van der Waals surface area contributed by atoms with Crippen LogP contribution in [-0.2, 0) is 12.7 Å². The number of nitrogens with zero attached hydrogens (tertiary/aromatic N) is 1. The van der Waals surface area contributed by atoms with Gasteiger partial charge in [0.05, 0.1) is 11.6 Å². The van der Waals surface area contributed by atoms with Crippen molar-refractivity contribution in [1.29, 1.82) is 0 Å². The number of alkyl halides is 5. The highest BCUT2D eigenvalue weighted by Crippen LogP contribution is 2.40. The molecule has 0 saturated carbocycles. The Morgan fingerprint density at radius 3 is 2.27 bits per heavy atom. The van der Waals surface area contributed by atoms with E-state index in [0.29, 0.717) is 17.4 Å². The smallest absolute Gasteiger partial charge is 0.347 e. The molecule has 0 aliphatic carbocycles. The lowest BCUT2D eigenvalue weighted by Gasteiger charge is -2.20. The van der Waals surface area contributed by atoms with E-state index in [4.69, 9.17) is 5.73 Å². The lowest BCUT2D eigenvalue weighted by Crippen LogP contribution is -2.19. The maximum absolute atomic E-state index is 14.5. The second kappa shape index (κ2) is 7.65. The van der Waals surface area contributed by atoms with Gasteiger partial charge < -0.3 is 10.3 Å². The van der Waals surface area contributed by atoms with Crippen molar-refractivity contribution in [3.63, 3.8) is 0 Å². The van der Waals surface area contributed by atoms with Gasteiger partial charge in [-0.05, 0) is 29.2 Å². The van der Waals surface area contributed by atoms with Crippen molar-refractivity contribution in [2.75, 3.05) is 0 Å². The molecule has 0 unspecified atom stereocenters. The van der Waals surface area contributed by atoms with Crippen molar-refractivity contribution >= 4 is 10.9 Å². The van der Waals surface area contributed by atoms with Crippen LogP contribution < -0.4 is 5.73 Å². The second-order valence-electron chi connectivity index (χ2n) is 8.53. The number of hydrogen-bond donors (Lipinski definition) is 1. The van der Waals surface area contributed by atoms with Gasteiger partial charge in [0.15, 0.2) is 0 Å². The van der Waals surface area contributed by atoms with Gasteiger partial charge in [-0.1, -0.05) is 39.0 Å². The predicted molar refractivity (Wildman–Crippen MR) is 105 cm³/mol. The van der Waals surface area contributed by atoms with Crippen molar-refractivity contribution in [1.82, 2.24) is 4.57 Å². The highest BCUT2D eigenvalue weighted by molar-refractivity contribution is 5.89. The zero-order valence-electron chi connectivity index (χ0n) is 16.7. The fourth-order valence-electron chi connectivity index (χ4n) is 3.57. The SMILES string of the molecule is CC(C)(C)Cn1cc([C@H](N)C(F)F)c2ccc(-c3c(F)cccc3C(F)(F)F)cc21. The molecule has 0 bridgehead atoms. The van der Waals surface area contributed by atoms with Gasteiger partial charge in [-0.2, -0.15) is 13.2 Å². The third-order valence-electron chi connectivity index (χ3n) is 4.80. The highest BCUT2D eigenvalue weighted by atomic mass is 19.4. The van der Waals surface area contributed by atoms with Crippen LogP contribution >= 0.6 is 0 Å². The van der Waals surface area contributed by atoms with Crippen LogP contribution in [0, 0.1) is 11.2 Å². The van der Waals surface area contributed by atoms with Gasteiger partial charge in [-0.25, -0.2) is 13.2 Å². The van der Waals surface area contributed by atoms with E-state index in [0.717, 1.165) is 18.2 Å². The topological polar surface area (TPSA) is 30.9 Å². The number of benzene rings is 2. The molecule has 3 rings (SSSR count). The van der Waals surface area contributed by atoms with Gasteiger partial charge in [0.1, 0.15) is 5.82 Å². The largest absolute Gasteiger partial charge is 0.417 e. The Morgan fingerprint density at radius 1 is 1.03 bits per heavy atom. The average molecular weight is 428 g/mol. The fraction of sp³-hybridized carbons (Fsp3) is 0.364. The van der Waals surface area contributed by atoms with E-state index in [9.17, 15) is 26.3 Å². The second-order valence-corrected chi connectivity index (χ2v) is 8.53. The normalized spacial score (nSPS) is 14.0. The first-order valence-corrected chi connectivity index (χ1v) is 9.32. The molecule has 0 radical (unpaired) electrons. The Morgan fingerprint density at radius 2 is 1.70 bits per heavy atom. The molecule has 0 amide bonds. The Balaban J connectivity index is 2.28. The summed E-state index contributed by atoms with van der Waals surface area (Å²) in [6.07, 6.45) is -6.05. The highest BCUT2D eigenvalue weighted by Gasteiger charge is 2.35. The summed E-state index contributed by atoms with van der Waals surface area (Å²) in [5.41, 5.74) is 4.37. The minimum absolute atomic E-state index is 0.0124. The monoisotopic (exact) mass is 428 g/mol. The quantitative estimate of drug-likeness (QED) is 0.457. The number of hydrogen-bond acceptors (Lipinski definition) is 1. The minimum Gasteiger partial charge on any atom is -0.347 e. The molecular formula is C22H22F6N2. The molecule has 2 nitrogen and oxygen atoms in total. The number of aromatic nitrogens is 1. The molecule has 30 heavy (non-hydrogen) atoms. The van der Waals surface area contributed by atoms with Crippen LogP contribution in [0.5, 0.6) is 0 Å². The first kappa shape index (κ1) is 22.2. The summed E-state index contributed by atoms with van der Waals surface area (Å²) in [4.78, 5) is 0. The standard InChI is InChI=1S/C22H22F6N2/c1-21(2,3)11-30-10-14(19(29)20(24)25)13-8-7-12(9-17(13)30)18-15(22(26,27)28)5-4-6-16(18)23/h4-10,19-20H,11,29H2,1-3H3/t19-/m0/s1. The fourth-order valence-corrected chi connectivity index (χ4v) is 3.57. The first-order valence-electron chi connectivity index (χ1n) is 9.32. The Bertz CT molecular complexity index is 1060. The van der Waals surface area contributed by atoms with Crippen LogP contribution in [-0.4, -0.2) is 11.0 Å². The summed E-state index contributed by atoms with van der Waals surface area (Å²) >= 11 is 0. The number of halogens is 6. The van der Waals surface area contributed by atoms with E-state index in [1.165, 1.54) is 24.4 Å². The molecule has 162 valence electrons. The number of nitrogens with two attached hydrogens (primary N) is 1. The maximum Gasteiger partial charge on any atom is 0.417 e. The third kappa shape index (κ3) is 4.33. The summed E-state index contributed by atoms with van der Waals surface area (Å²) in [7, 11) is 0. The zero-order chi connectivity index (χ0) is 22.4. The molecule has 8 heteroatoms. The molecule has 1 atom stereocenters. The van der Waals surface area contributed by atoms with E-state index >= 15 is 0 Å². The van der Waals surface area contributed by atoms with Gasteiger partial charge >= 0.3 is 6.18 Å². The van der Waals surface area contributed by atoms with E-state index in [1.807, 2.05) is 20.8 Å². The molecule has 0 aliphatic heterocycles. The van der Waals surface area contributed by atoms with Crippen LogP contribution in [0.3, 0.4) is 0 Å². The summed E-state index contributed by atoms with van der Waals surface area (Å²) in [6.45, 7) is 6.22. The van der Waals surface area contributed by atoms with E-state index in [2.05, 4.69) is 0 Å². The molecule has 0 saturated heterocycles. The van der Waals surface area contributed by atoms with Crippen molar-refractivity contribution in [2.24, 2.45) is 11.1 Å². The van der Waals surface area contributed by atoms with Crippen molar-refractivity contribution in [3.05, 3.63) is 59.5 Å². The van der Waals surface area contributed by atoms with Crippen molar-refractivity contribution in [3.8, 4) is 11.1 Å². The Kier molecular flexibility index (Phi) is 5.66. The van der Waals surface area contributed by atoms with E-state index in [-0.39, 0.29) is 16.5 Å².